The molecule has 7 nitrogen and oxygen atoms in total. The van der Waals surface area contributed by atoms with Crippen LogP contribution in [0.2, 0.25) is 0 Å². The van der Waals surface area contributed by atoms with Crippen molar-refractivity contribution in [2.45, 2.75) is 38.4 Å². The summed E-state index contributed by atoms with van der Waals surface area (Å²) in [4.78, 5) is 13.2. The van der Waals surface area contributed by atoms with Gasteiger partial charge in [0.25, 0.3) is 5.91 Å². The number of benzene rings is 2. The standard InChI is InChI=1S/C24H24N6O/c31-24(20-10-5-4-9-19(20)17-29-14-13-25-28-29)27-22-11-6-12-23-21(22)15-26-30(23)16-18-7-2-1-3-8-18/h1-5,7-10,13-15,22H,6,11-12,16-17H2,(H,27,31). The zero-order chi connectivity index (χ0) is 21.0. The summed E-state index contributed by atoms with van der Waals surface area (Å²) in [6.07, 6.45) is 8.28. The molecule has 1 amide bonds. The van der Waals surface area contributed by atoms with Gasteiger partial charge in [-0.05, 0) is 36.5 Å². The molecule has 2 aromatic carbocycles. The summed E-state index contributed by atoms with van der Waals surface area (Å²) in [6.45, 7) is 1.26. The average molecular weight is 412 g/mol. The van der Waals surface area contributed by atoms with Crippen LogP contribution in [-0.2, 0) is 19.5 Å². The van der Waals surface area contributed by atoms with Crippen molar-refractivity contribution >= 4 is 5.91 Å². The maximum atomic E-state index is 13.2. The second kappa shape index (κ2) is 8.55. The maximum absolute atomic E-state index is 13.2. The first-order valence-corrected chi connectivity index (χ1v) is 10.6. The van der Waals surface area contributed by atoms with Gasteiger partial charge in [-0.1, -0.05) is 53.7 Å². The van der Waals surface area contributed by atoms with Crippen LogP contribution in [0.5, 0.6) is 0 Å². The molecule has 0 radical (unpaired) electrons. The Morgan fingerprint density at radius 2 is 1.90 bits per heavy atom. The molecule has 4 aromatic rings. The Morgan fingerprint density at radius 1 is 1.06 bits per heavy atom. The lowest BCUT2D eigenvalue weighted by atomic mass is 9.92. The average Bonchev–Trinajstić information content (AvgIpc) is 3.46. The highest BCUT2D eigenvalue weighted by Gasteiger charge is 2.26. The molecule has 156 valence electrons. The van der Waals surface area contributed by atoms with Crippen molar-refractivity contribution in [2.24, 2.45) is 0 Å². The predicted octanol–water partition coefficient (Wildman–Crippen LogP) is 3.38. The summed E-state index contributed by atoms with van der Waals surface area (Å²) in [5.74, 6) is -0.0654. The normalized spacial score (nSPS) is 15.4. The van der Waals surface area contributed by atoms with Gasteiger partial charge in [-0.15, -0.1) is 5.10 Å². The molecule has 1 atom stereocenters. The van der Waals surface area contributed by atoms with Crippen molar-refractivity contribution in [3.05, 3.63) is 101 Å². The number of amides is 1. The van der Waals surface area contributed by atoms with Crippen molar-refractivity contribution in [3.63, 3.8) is 0 Å². The highest BCUT2D eigenvalue weighted by molar-refractivity contribution is 5.96. The molecule has 1 aliphatic carbocycles. The number of carbonyl (C=O) groups excluding carboxylic acids is 1. The molecule has 2 aromatic heterocycles. The van der Waals surface area contributed by atoms with Crippen LogP contribution >= 0.6 is 0 Å². The summed E-state index contributed by atoms with van der Waals surface area (Å²) in [5.41, 5.74) is 5.16. The van der Waals surface area contributed by atoms with E-state index in [0.717, 1.165) is 36.9 Å². The first-order chi connectivity index (χ1) is 15.3. The van der Waals surface area contributed by atoms with Gasteiger partial charge in [0, 0.05) is 23.0 Å². The van der Waals surface area contributed by atoms with Gasteiger partial charge in [0.05, 0.1) is 31.5 Å². The Balaban J connectivity index is 1.35. The Kier molecular flexibility index (Phi) is 5.31. The fourth-order valence-corrected chi connectivity index (χ4v) is 4.27. The van der Waals surface area contributed by atoms with Crippen LogP contribution in [0.4, 0.5) is 0 Å². The Hall–Kier alpha value is -3.74. The van der Waals surface area contributed by atoms with Crippen LogP contribution in [0.15, 0.2) is 73.2 Å². The fourth-order valence-electron chi connectivity index (χ4n) is 4.27. The van der Waals surface area contributed by atoms with Crippen molar-refractivity contribution in [2.75, 3.05) is 0 Å². The molecule has 0 spiro atoms. The molecule has 0 fully saturated rings. The molecule has 0 saturated carbocycles. The third kappa shape index (κ3) is 4.12. The molecule has 2 heterocycles. The third-order valence-electron chi connectivity index (χ3n) is 5.81. The minimum absolute atomic E-state index is 0.0276. The minimum Gasteiger partial charge on any atom is -0.345 e. The van der Waals surface area contributed by atoms with Gasteiger partial charge in [0.1, 0.15) is 0 Å². The van der Waals surface area contributed by atoms with Gasteiger partial charge < -0.3 is 5.32 Å². The van der Waals surface area contributed by atoms with E-state index in [4.69, 9.17) is 0 Å². The number of rotatable bonds is 6. The number of hydrogen-bond donors (Lipinski definition) is 1. The molecule has 5 rings (SSSR count). The zero-order valence-electron chi connectivity index (χ0n) is 17.2. The summed E-state index contributed by atoms with van der Waals surface area (Å²) >= 11 is 0. The maximum Gasteiger partial charge on any atom is 0.252 e. The number of nitrogens with one attached hydrogen (secondary N) is 1. The Labute approximate surface area is 180 Å². The quantitative estimate of drug-likeness (QED) is 0.527. The smallest absolute Gasteiger partial charge is 0.252 e. The highest BCUT2D eigenvalue weighted by Crippen LogP contribution is 2.30. The molecule has 0 saturated heterocycles. The molecule has 7 heteroatoms. The van der Waals surface area contributed by atoms with Crippen molar-refractivity contribution in [3.8, 4) is 0 Å². The van der Waals surface area contributed by atoms with Gasteiger partial charge in [-0.2, -0.15) is 5.10 Å². The van der Waals surface area contributed by atoms with Crippen LogP contribution in [-0.4, -0.2) is 30.7 Å². The second-order valence-corrected chi connectivity index (χ2v) is 7.87. The second-order valence-electron chi connectivity index (χ2n) is 7.87. The Bertz CT molecular complexity index is 1170. The van der Waals surface area contributed by atoms with Gasteiger partial charge in [0.15, 0.2) is 0 Å². The number of nitrogens with zero attached hydrogens (tertiary/aromatic N) is 5. The SMILES string of the molecule is O=C(NC1CCCc2c1cnn2Cc1ccccc1)c1ccccc1Cn1ccnn1. The van der Waals surface area contributed by atoms with Crippen LogP contribution < -0.4 is 5.32 Å². The van der Waals surface area contributed by atoms with E-state index in [1.807, 2.05) is 48.7 Å². The van der Waals surface area contributed by atoms with E-state index in [9.17, 15) is 4.79 Å². The lowest BCUT2D eigenvalue weighted by Crippen LogP contribution is -2.31. The topological polar surface area (TPSA) is 77.6 Å². The summed E-state index contributed by atoms with van der Waals surface area (Å²) in [6, 6.07) is 18.0. The van der Waals surface area contributed by atoms with E-state index in [-0.39, 0.29) is 11.9 Å². The molecule has 31 heavy (non-hydrogen) atoms. The molecule has 0 aliphatic heterocycles. The van der Waals surface area contributed by atoms with Crippen LogP contribution in [0, 0.1) is 0 Å². The summed E-state index contributed by atoms with van der Waals surface area (Å²) < 4.78 is 3.79. The predicted molar refractivity (Wildman–Crippen MR) is 116 cm³/mol. The van der Waals surface area contributed by atoms with E-state index in [2.05, 4.69) is 37.5 Å². The first-order valence-electron chi connectivity index (χ1n) is 10.6. The molecule has 1 unspecified atom stereocenters. The monoisotopic (exact) mass is 412 g/mol. The number of carbonyl (C=O) groups is 1. The van der Waals surface area contributed by atoms with E-state index < -0.39 is 0 Å². The lowest BCUT2D eigenvalue weighted by molar-refractivity contribution is 0.0931. The van der Waals surface area contributed by atoms with E-state index in [1.165, 1.54) is 11.3 Å². The van der Waals surface area contributed by atoms with Crippen molar-refractivity contribution in [1.29, 1.82) is 0 Å². The number of fused-ring (bicyclic) bond motifs is 1. The number of hydrogen-bond acceptors (Lipinski definition) is 4. The zero-order valence-corrected chi connectivity index (χ0v) is 17.2. The van der Waals surface area contributed by atoms with E-state index >= 15 is 0 Å². The third-order valence-corrected chi connectivity index (χ3v) is 5.81. The highest BCUT2D eigenvalue weighted by atomic mass is 16.1. The molecular formula is C24H24N6O. The molecule has 1 N–H and O–H groups in total. The van der Waals surface area contributed by atoms with Crippen molar-refractivity contribution < 1.29 is 4.79 Å². The van der Waals surface area contributed by atoms with Crippen LogP contribution in [0.1, 0.15) is 51.6 Å². The molecular weight excluding hydrogens is 388 g/mol. The van der Waals surface area contributed by atoms with Gasteiger partial charge in [-0.25, -0.2) is 4.68 Å². The van der Waals surface area contributed by atoms with Gasteiger partial charge >= 0.3 is 0 Å². The first kappa shape index (κ1) is 19.2. The van der Waals surface area contributed by atoms with Crippen LogP contribution in [0.25, 0.3) is 0 Å². The van der Waals surface area contributed by atoms with Crippen molar-refractivity contribution in [1.82, 2.24) is 30.1 Å². The molecule has 0 bridgehead atoms. The van der Waals surface area contributed by atoms with Crippen LogP contribution in [0.3, 0.4) is 0 Å². The van der Waals surface area contributed by atoms with E-state index in [1.54, 1.807) is 17.1 Å². The molecule has 1 aliphatic rings. The van der Waals surface area contributed by atoms with Gasteiger partial charge in [0.2, 0.25) is 0 Å². The summed E-state index contributed by atoms with van der Waals surface area (Å²) in [7, 11) is 0. The van der Waals surface area contributed by atoms with Gasteiger partial charge in [-0.3, -0.25) is 9.48 Å². The summed E-state index contributed by atoms with van der Waals surface area (Å²) in [5, 5.41) is 15.8. The largest absolute Gasteiger partial charge is 0.345 e. The minimum atomic E-state index is -0.0654. The fraction of sp³-hybridized carbons (Fsp3) is 0.250. The Morgan fingerprint density at radius 3 is 2.74 bits per heavy atom. The lowest BCUT2D eigenvalue weighted by Gasteiger charge is -2.25. The van der Waals surface area contributed by atoms with E-state index in [0.29, 0.717) is 12.1 Å². The number of aromatic nitrogens is 5.